The van der Waals surface area contributed by atoms with Gasteiger partial charge in [-0.25, -0.2) is 0 Å². The molecular weight excluding hydrogens is 372 g/mol. The van der Waals surface area contributed by atoms with Gasteiger partial charge in [-0.15, -0.1) is 0 Å². The first-order valence-electron chi connectivity index (χ1n) is 9.93. The second-order valence-corrected chi connectivity index (χ2v) is 7.24. The normalized spacial score (nSPS) is 17.3. The topological polar surface area (TPSA) is 81.0 Å². The number of likely N-dealkylation sites (tertiary alicyclic amines) is 1. The standard InChI is InChI=1S/C22H28N2O5/c1-4-9-29-19-8-7-16(11-20(19)27-3)15(2)23-22(26)17-12-21(25)24(13-17)14-18-6-5-10-28-18/h5-8,10-11,15,17H,4,9,12-14H2,1-3H3,(H,23,26). The van der Waals surface area contributed by atoms with Gasteiger partial charge in [0.05, 0.1) is 38.5 Å². The number of carbonyl (C=O) groups is 2. The van der Waals surface area contributed by atoms with Crippen LogP contribution in [-0.4, -0.2) is 37.0 Å². The molecule has 29 heavy (non-hydrogen) atoms. The first kappa shape index (κ1) is 20.8. The average molecular weight is 400 g/mol. The maximum atomic E-state index is 12.7. The Morgan fingerprint density at radius 2 is 2.17 bits per heavy atom. The molecule has 7 heteroatoms. The maximum absolute atomic E-state index is 12.7. The van der Waals surface area contributed by atoms with Gasteiger partial charge in [-0.3, -0.25) is 9.59 Å². The van der Waals surface area contributed by atoms with Gasteiger partial charge in [0.1, 0.15) is 5.76 Å². The smallest absolute Gasteiger partial charge is 0.225 e. The largest absolute Gasteiger partial charge is 0.493 e. The molecule has 0 bridgehead atoms. The number of benzene rings is 1. The van der Waals surface area contributed by atoms with Crippen molar-refractivity contribution in [3.63, 3.8) is 0 Å². The van der Waals surface area contributed by atoms with E-state index in [-0.39, 0.29) is 30.2 Å². The molecule has 156 valence electrons. The van der Waals surface area contributed by atoms with Crippen molar-refractivity contribution in [2.45, 2.75) is 39.3 Å². The molecule has 0 saturated carbocycles. The minimum absolute atomic E-state index is 0.0340. The lowest BCUT2D eigenvalue weighted by atomic mass is 10.0. The first-order valence-corrected chi connectivity index (χ1v) is 9.93. The van der Waals surface area contributed by atoms with Crippen LogP contribution in [-0.2, 0) is 16.1 Å². The summed E-state index contributed by atoms with van der Waals surface area (Å²) in [6.45, 7) is 5.36. The number of hydrogen-bond acceptors (Lipinski definition) is 5. The second-order valence-electron chi connectivity index (χ2n) is 7.24. The molecular formula is C22H28N2O5. The van der Waals surface area contributed by atoms with Crippen molar-refractivity contribution < 1.29 is 23.5 Å². The number of furan rings is 1. The van der Waals surface area contributed by atoms with Gasteiger partial charge < -0.3 is 24.1 Å². The fourth-order valence-electron chi connectivity index (χ4n) is 3.39. The number of ether oxygens (including phenoxy) is 2. The predicted octanol–water partition coefficient (Wildman–Crippen LogP) is 3.30. The average Bonchev–Trinajstić information content (AvgIpc) is 3.36. The van der Waals surface area contributed by atoms with Crippen LogP contribution >= 0.6 is 0 Å². The summed E-state index contributed by atoms with van der Waals surface area (Å²) < 4.78 is 16.4. The van der Waals surface area contributed by atoms with Crippen LogP contribution in [0, 0.1) is 5.92 Å². The minimum Gasteiger partial charge on any atom is -0.493 e. The quantitative estimate of drug-likeness (QED) is 0.698. The van der Waals surface area contributed by atoms with Crippen LogP contribution in [0.5, 0.6) is 11.5 Å². The summed E-state index contributed by atoms with van der Waals surface area (Å²) in [6.07, 6.45) is 2.70. The van der Waals surface area contributed by atoms with Crippen LogP contribution in [0.1, 0.15) is 44.1 Å². The van der Waals surface area contributed by atoms with Crippen molar-refractivity contribution in [2.24, 2.45) is 5.92 Å². The van der Waals surface area contributed by atoms with E-state index in [0.29, 0.717) is 37.0 Å². The van der Waals surface area contributed by atoms with Gasteiger partial charge in [0.15, 0.2) is 11.5 Å². The first-order chi connectivity index (χ1) is 14.0. The van der Waals surface area contributed by atoms with E-state index >= 15 is 0 Å². The summed E-state index contributed by atoms with van der Waals surface area (Å²) in [6, 6.07) is 9.04. The zero-order valence-electron chi connectivity index (χ0n) is 17.1. The van der Waals surface area contributed by atoms with E-state index in [1.54, 1.807) is 24.3 Å². The number of carbonyl (C=O) groups excluding carboxylic acids is 2. The highest BCUT2D eigenvalue weighted by Crippen LogP contribution is 2.31. The van der Waals surface area contributed by atoms with Crippen molar-refractivity contribution >= 4 is 11.8 Å². The molecule has 2 heterocycles. The van der Waals surface area contributed by atoms with Gasteiger partial charge >= 0.3 is 0 Å². The summed E-state index contributed by atoms with van der Waals surface area (Å²) in [4.78, 5) is 26.6. The molecule has 2 atom stereocenters. The molecule has 2 amide bonds. The van der Waals surface area contributed by atoms with Crippen LogP contribution in [0.4, 0.5) is 0 Å². The van der Waals surface area contributed by atoms with Crippen molar-refractivity contribution in [2.75, 3.05) is 20.3 Å². The SMILES string of the molecule is CCCOc1ccc(C(C)NC(=O)C2CC(=O)N(Cc3ccco3)C2)cc1OC. The van der Waals surface area contributed by atoms with Gasteiger partial charge in [-0.1, -0.05) is 13.0 Å². The van der Waals surface area contributed by atoms with Crippen LogP contribution in [0.15, 0.2) is 41.0 Å². The van der Waals surface area contributed by atoms with Crippen LogP contribution in [0.3, 0.4) is 0 Å². The molecule has 1 aliphatic heterocycles. The lowest BCUT2D eigenvalue weighted by Crippen LogP contribution is -2.34. The maximum Gasteiger partial charge on any atom is 0.225 e. The lowest BCUT2D eigenvalue weighted by molar-refractivity contribution is -0.129. The number of hydrogen-bond donors (Lipinski definition) is 1. The molecule has 7 nitrogen and oxygen atoms in total. The van der Waals surface area contributed by atoms with E-state index in [9.17, 15) is 9.59 Å². The molecule has 3 rings (SSSR count). The van der Waals surface area contributed by atoms with Crippen molar-refractivity contribution in [3.05, 3.63) is 47.9 Å². The third-order valence-electron chi connectivity index (χ3n) is 5.02. The third-order valence-corrected chi connectivity index (χ3v) is 5.02. The highest BCUT2D eigenvalue weighted by Gasteiger charge is 2.35. The highest BCUT2D eigenvalue weighted by molar-refractivity contribution is 5.89. The fraction of sp³-hybridized carbons (Fsp3) is 0.455. The highest BCUT2D eigenvalue weighted by atomic mass is 16.5. The molecule has 1 aromatic carbocycles. The van der Waals surface area contributed by atoms with Gasteiger partial charge in [0.25, 0.3) is 0 Å². The Bertz CT molecular complexity index is 834. The Kier molecular flexibility index (Phi) is 6.80. The summed E-state index contributed by atoms with van der Waals surface area (Å²) in [5.74, 6) is 1.51. The van der Waals surface area contributed by atoms with E-state index in [4.69, 9.17) is 13.9 Å². The summed E-state index contributed by atoms with van der Waals surface area (Å²) in [5, 5.41) is 3.01. The van der Waals surface area contributed by atoms with Gasteiger partial charge in [0, 0.05) is 13.0 Å². The van der Waals surface area contributed by atoms with Gasteiger partial charge in [-0.2, -0.15) is 0 Å². The fourth-order valence-corrected chi connectivity index (χ4v) is 3.39. The van der Waals surface area contributed by atoms with E-state index in [2.05, 4.69) is 5.32 Å². The van der Waals surface area contributed by atoms with Crippen molar-refractivity contribution in [1.29, 1.82) is 0 Å². The third kappa shape index (κ3) is 5.10. The molecule has 1 aliphatic rings. The predicted molar refractivity (Wildman–Crippen MR) is 108 cm³/mol. The van der Waals surface area contributed by atoms with Crippen molar-refractivity contribution in [3.8, 4) is 11.5 Å². The van der Waals surface area contributed by atoms with E-state index < -0.39 is 0 Å². The van der Waals surface area contributed by atoms with Crippen LogP contribution < -0.4 is 14.8 Å². The van der Waals surface area contributed by atoms with Crippen LogP contribution in [0.2, 0.25) is 0 Å². The van der Waals surface area contributed by atoms with E-state index in [0.717, 1.165) is 12.0 Å². The molecule has 1 aromatic heterocycles. The number of methoxy groups -OCH3 is 1. The van der Waals surface area contributed by atoms with Crippen LogP contribution in [0.25, 0.3) is 0 Å². The van der Waals surface area contributed by atoms with E-state index in [1.165, 1.54) is 0 Å². The number of rotatable bonds is 9. The molecule has 1 fully saturated rings. The molecule has 0 spiro atoms. The minimum atomic E-state index is -0.367. The Labute approximate surface area is 171 Å². The molecule has 2 aromatic rings. The monoisotopic (exact) mass is 400 g/mol. The van der Waals surface area contributed by atoms with E-state index in [1.807, 2.05) is 38.1 Å². The number of amides is 2. The Hall–Kier alpha value is -2.96. The molecule has 1 N–H and O–H groups in total. The zero-order chi connectivity index (χ0) is 20.8. The molecule has 0 radical (unpaired) electrons. The van der Waals surface area contributed by atoms with Crippen molar-refractivity contribution in [1.82, 2.24) is 10.2 Å². The summed E-state index contributed by atoms with van der Waals surface area (Å²) in [5.41, 5.74) is 0.913. The number of nitrogens with zero attached hydrogens (tertiary/aromatic N) is 1. The number of nitrogens with one attached hydrogen (secondary N) is 1. The Morgan fingerprint density at radius 1 is 1.34 bits per heavy atom. The van der Waals surface area contributed by atoms with Gasteiger partial charge in [-0.05, 0) is 43.2 Å². The second kappa shape index (κ2) is 9.49. The Balaban J connectivity index is 1.59. The molecule has 0 aliphatic carbocycles. The Morgan fingerprint density at radius 3 is 2.86 bits per heavy atom. The summed E-state index contributed by atoms with van der Waals surface area (Å²) >= 11 is 0. The zero-order valence-corrected chi connectivity index (χ0v) is 17.1. The lowest BCUT2D eigenvalue weighted by Gasteiger charge is -2.19. The molecule has 2 unspecified atom stereocenters. The summed E-state index contributed by atoms with van der Waals surface area (Å²) in [7, 11) is 1.60. The molecule has 1 saturated heterocycles. The van der Waals surface area contributed by atoms with Gasteiger partial charge in [0.2, 0.25) is 11.8 Å².